The van der Waals surface area contributed by atoms with Crippen LogP contribution in [0.5, 0.6) is 5.75 Å². The number of carbonyl (C=O) groups excluding carboxylic acids is 2. The molecule has 0 aliphatic carbocycles. The average Bonchev–Trinajstić information content (AvgIpc) is 3.43. The van der Waals surface area contributed by atoms with Gasteiger partial charge in [-0.2, -0.15) is 0 Å². The van der Waals surface area contributed by atoms with E-state index in [1.807, 2.05) is 41.0 Å². The second kappa shape index (κ2) is 10.9. The molecule has 0 spiro atoms. The van der Waals surface area contributed by atoms with Crippen molar-refractivity contribution in [3.63, 3.8) is 0 Å². The number of nitrogens with zero attached hydrogens (tertiary/aromatic N) is 7. The van der Waals surface area contributed by atoms with Crippen LogP contribution in [0.1, 0.15) is 32.2 Å². The van der Waals surface area contributed by atoms with Crippen molar-refractivity contribution in [1.29, 1.82) is 0 Å². The topological polar surface area (TPSA) is 87.0 Å². The molecule has 0 atom stereocenters. The lowest BCUT2D eigenvalue weighted by atomic mass is 10.1. The van der Waals surface area contributed by atoms with Crippen LogP contribution >= 0.6 is 0 Å². The quantitative estimate of drug-likeness (QED) is 0.363. The number of rotatable bonds is 6. The first-order valence-corrected chi connectivity index (χ1v) is 13.9. The molecule has 0 unspecified atom stereocenters. The molecule has 10 heteroatoms. The van der Waals surface area contributed by atoms with Gasteiger partial charge >= 0.3 is 0 Å². The Balaban J connectivity index is 1.12. The van der Waals surface area contributed by atoms with Gasteiger partial charge in [0.1, 0.15) is 24.4 Å². The number of ether oxygens (including phenoxy) is 1. The molecule has 0 N–H and O–H groups in total. The van der Waals surface area contributed by atoms with Crippen molar-refractivity contribution in [2.24, 2.45) is 0 Å². The SMILES string of the molecule is CN(C)C(=O)c1ccc2c(N3CCN(CCc4cccc5c4OCc4c(C(=O)N(C)C)ncn4-5)CC3)cccc2n1. The molecule has 41 heavy (non-hydrogen) atoms. The van der Waals surface area contributed by atoms with Gasteiger partial charge in [-0.15, -0.1) is 0 Å². The average molecular weight is 554 g/mol. The lowest BCUT2D eigenvalue weighted by molar-refractivity contribution is 0.0813. The van der Waals surface area contributed by atoms with Crippen LogP contribution in [0.3, 0.4) is 0 Å². The van der Waals surface area contributed by atoms with Crippen LogP contribution in [0.25, 0.3) is 16.6 Å². The van der Waals surface area contributed by atoms with Crippen LogP contribution in [0.2, 0.25) is 0 Å². The number of fused-ring (bicyclic) bond motifs is 4. The van der Waals surface area contributed by atoms with E-state index >= 15 is 0 Å². The van der Waals surface area contributed by atoms with Gasteiger partial charge in [0.2, 0.25) is 0 Å². The highest BCUT2D eigenvalue weighted by Crippen LogP contribution is 2.35. The summed E-state index contributed by atoms with van der Waals surface area (Å²) < 4.78 is 8.20. The molecule has 2 aromatic heterocycles. The number of piperazine rings is 1. The maximum atomic E-state index is 12.5. The van der Waals surface area contributed by atoms with E-state index in [2.05, 4.69) is 31.9 Å². The highest BCUT2D eigenvalue weighted by atomic mass is 16.5. The van der Waals surface area contributed by atoms with E-state index < -0.39 is 0 Å². The van der Waals surface area contributed by atoms with E-state index in [1.165, 1.54) is 4.90 Å². The van der Waals surface area contributed by atoms with E-state index in [-0.39, 0.29) is 11.8 Å². The van der Waals surface area contributed by atoms with Crippen LogP contribution in [0.4, 0.5) is 5.69 Å². The Bertz CT molecular complexity index is 1620. The van der Waals surface area contributed by atoms with Gasteiger partial charge in [0.15, 0.2) is 5.69 Å². The van der Waals surface area contributed by atoms with E-state index in [0.29, 0.717) is 18.0 Å². The summed E-state index contributed by atoms with van der Waals surface area (Å²) in [5, 5.41) is 1.07. The Morgan fingerprint density at radius 1 is 0.878 bits per heavy atom. The molecule has 0 bridgehead atoms. The number of hydrogen-bond acceptors (Lipinski definition) is 7. The maximum absolute atomic E-state index is 12.5. The standard InChI is InChI=1S/C31H35N7O3/c1-34(2)30(39)24-12-11-22-23(33-24)8-6-9-25(22)37-17-15-36(16-18-37)14-13-21-7-5-10-26-29(21)41-19-27-28(31(40)35(3)4)32-20-38(26)27/h5-12,20H,13-19H2,1-4H3. The monoisotopic (exact) mass is 553 g/mol. The third-order valence-corrected chi connectivity index (χ3v) is 7.91. The first-order valence-electron chi connectivity index (χ1n) is 13.9. The summed E-state index contributed by atoms with van der Waals surface area (Å²) in [6.07, 6.45) is 2.59. The smallest absolute Gasteiger partial charge is 0.273 e. The zero-order valence-corrected chi connectivity index (χ0v) is 24.0. The summed E-state index contributed by atoms with van der Waals surface area (Å²) >= 11 is 0. The second-order valence-electron chi connectivity index (χ2n) is 11.0. The normalized spacial score (nSPS) is 14.8. The Labute approximate surface area is 239 Å². The van der Waals surface area contributed by atoms with Crippen molar-refractivity contribution in [2.45, 2.75) is 13.0 Å². The molecular formula is C31H35N7O3. The number of para-hydroxylation sites is 1. The fourth-order valence-electron chi connectivity index (χ4n) is 5.63. The molecule has 2 aromatic carbocycles. The Hall–Kier alpha value is -4.44. The van der Waals surface area contributed by atoms with Gasteiger partial charge in [-0.25, -0.2) is 9.97 Å². The van der Waals surface area contributed by atoms with E-state index in [9.17, 15) is 9.59 Å². The zero-order valence-electron chi connectivity index (χ0n) is 24.0. The number of imidazole rings is 1. The molecule has 10 nitrogen and oxygen atoms in total. The molecule has 2 aliphatic rings. The van der Waals surface area contributed by atoms with Crippen molar-refractivity contribution in [2.75, 3.05) is 65.8 Å². The number of carbonyl (C=O) groups is 2. The zero-order chi connectivity index (χ0) is 28.7. The molecule has 0 saturated carbocycles. The summed E-state index contributed by atoms with van der Waals surface area (Å²) in [6.45, 7) is 5.01. The molecule has 2 aliphatic heterocycles. The van der Waals surface area contributed by atoms with E-state index in [1.54, 1.807) is 39.4 Å². The first-order chi connectivity index (χ1) is 19.8. The number of hydrogen-bond donors (Lipinski definition) is 0. The summed E-state index contributed by atoms with van der Waals surface area (Å²) in [5.74, 6) is 0.658. The van der Waals surface area contributed by atoms with Crippen molar-refractivity contribution in [3.8, 4) is 11.4 Å². The van der Waals surface area contributed by atoms with Gasteiger partial charge in [0.05, 0.1) is 16.9 Å². The number of pyridine rings is 1. The van der Waals surface area contributed by atoms with Crippen molar-refractivity contribution < 1.29 is 14.3 Å². The minimum atomic E-state index is -0.120. The summed E-state index contributed by atoms with van der Waals surface area (Å²) in [4.78, 5) is 41.9. The molecule has 1 saturated heterocycles. The van der Waals surface area contributed by atoms with Crippen molar-refractivity contribution in [1.82, 2.24) is 29.2 Å². The van der Waals surface area contributed by atoms with Gasteiger partial charge in [0.25, 0.3) is 11.8 Å². The van der Waals surface area contributed by atoms with Crippen LogP contribution in [-0.4, -0.2) is 102 Å². The Morgan fingerprint density at radius 3 is 2.37 bits per heavy atom. The van der Waals surface area contributed by atoms with Gasteiger partial charge in [-0.3, -0.25) is 19.1 Å². The third kappa shape index (κ3) is 4.99. The molecule has 1 fully saturated rings. The highest BCUT2D eigenvalue weighted by Gasteiger charge is 2.27. The lowest BCUT2D eigenvalue weighted by Gasteiger charge is -2.36. The Morgan fingerprint density at radius 2 is 1.61 bits per heavy atom. The summed E-state index contributed by atoms with van der Waals surface area (Å²) in [6, 6.07) is 16.2. The van der Waals surface area contributed by atoms with Crippen molar-refractivity contribution >= 4 is 28.4 Å². The predicted molar refractivity (Wildman–Crippen MR) is 158 cm³/mol. The maximum Gasteiger partial charge on any atom is 0.273 e. The second-order valence-corrected chi connectivity index (χ2v) is 11.0. The molecule has 6 rings (SSSR count). The lowest BCUT2D eigenvalue weighted by Crippen LogP contribution is -2.47. The fourth-order valence-corrected chi connectivity index (χ4v) is 5.63. The van der Waals surface area contributed by atoms with Crippen LogP contribution < -0.4 is 9.64 Å². The summed E-state index contributed by atoms with van der Waals surface area (Å²) in [7, 11) is 6.94. The first kappa shape index (κ1) is 26.8. The van der Waals surface area contributed by atoms with E-state index in [0.717, 1.165) is 78.4 Å². The molecule has 212 valence electrons. The highest BCUT2D eigenvalue weighted by molar-refractivity contribution is 5.98. The molecule has 4 aromatic rings. The van der Waals surface area contributed by atoms with Gasteiger partial charge < -0.3 is 19.4 Å². The van der Waals surface area contributed by atoms with Gasteiger partial charge in [-0.05, 0) is 42.3 Å². The van der Waals surface area contributed by atoms with Crippen LogP contribution in [0.15, 0.2) is 54.9 Å². The largest absolute Gasteiger partial charge is 0.485 e. The predicted octanol–water partition coefficient (Wildman–Crippen LogP) is 3.08. The third-order valence-electron chi connectivity index (χ3n) is 7.91. The van der Waals surface area contributed by atoms with Crippen LogP contribution in [-0.2, 0) is 13.0 Å². The minimum Gasteiger partial charge on any atom is -0.485 e. The number of amides is 2. The number of anilines is 1. The molecule has 2 amide bonds. The van der Waals surface area contributed by atoms with Gasteiger partial charge in [-0.1, -0.05) is 18.2 Å². The molecular weight excluding hydrogens is 518 g/mol. The summed E-state index contributed by atoms with van der Waals surface area (Å²) in [5.41, 5.74) is 5.77. The van der Waals surface area contributed by atoms with Crippen LogP contribution in [0, 0.1) is 0 Å². The van der Waals surface area contributed by atoms with E-state index in [4.69, 9.17) is 4.74 Å². The molecule has 0 radical (unpaired) electrons. The molecule has 4 heterocycles. The number of benzene rings is 2. The fraction of sp³-hybridized carbons (Fsp3) is 0.355. The minimum absolute atomic E-state index is 0.0920. The Kier molecular flexibility index (Phi) is 7.08. The van der Waals surface area contributed by atoms with Crippen molar-refractivity contribution in [3.05, 3.63) is 77.5 Å². The number of aromatic nitrogens is 3. The van der Waals surface area contributed by atoms with Gasteiger partial charge in [0, 0.05) is 72.0 Å².